The molecule has 1 aliphatic heterocycles. The molecule has 0 spiro atoms. The monoisotopic (exact) mass is 327 g/mol. The fourth-order valence-corrected chi connectivity index (χ4v) is 2.51. The Morgan fingerprint density at radius 2 is 1.74 bits per heavy atom. The zero-order chi connectivity index (χ0) is 17.7. The summed E-state index contributed by atoms with van der Waals surface area (Å²) in [5.74, 6) is 0.00532. The van der Waals surface area contributed by atoms with Crippen LogP contribution in [0.15, 0.2) is 0 Å². The molecule has 6 heteroatoms. The highest BCUT2D eigenvalue weighted by Crippen LogP contribution is 2.15. The third-order valence-corrected chi connectivity index (χ3v) is 3.45. The van der Waals surface area contributed by atoms with E-state index < -0.39 is 5.60 Å². The third-order valence-electron chi connectivity index (χ3n) is 3.45. The number of nitrogens with one attached hydrogen (secondary N) is 2. The predicted octanol–water partition coefficient (Wildman–Crippen LogP) is 2.28. The highest BCUT2D eigenvalue weighted by Gasteiger charge is 2.25. The second-order valence-electron chi connectivity index (χ2n) is 8.27. The molecule has 23 heavy (non-hydrogen) atoms. The Morgan fingerprint density at radius 3 is 2.30 bits per heavy atom. The number of nitrogens with zero attached hydrogens (tertiary/aromatic N) is 1. The van der Waals surface area contributed by atoms with Crippen LogP contribution in [0.4, 0.5) is 4.79 Å². The van der Waals surface area contributed by atoms with Gasteiger partial charge in [0.15, 0.2) is 0 Å². The first kappa shape index (κ1) is 19.7. The van der Waals surface area contributed by atoms with E-state index in [1.54, 1.807) is 4.90 Å². The fourth-order valence-electron chi connectivity index (χ4n) is 2.51. The Morgan fingerprint density at radius 1 is 1.09 bits per heavy atom. The predicted molar refractivity (Wildman–Crippen MR) is 91.3 cm³/mol. The van der Waals surface area contributed by atoms with Crippen molar-refractivity contribution < 1.29 is 14.3 Å². The molecule has 1 heterocycles. The quantitative estimate of drug-likeness (QED) is 0.834. The van der Waals surface area contributed by atoms with E-state index in [4.69, 9.17) is 4.74 Å². The van der Waals surface area contributed by atoms with Crippen molar-refractivity contribution in [2.45, 2.75) is 78.0 Å². The largest absolute Gasteiger partial charge is 0.444 e. The van der Waals surface area contributed by atoms with Crippen LogP contribution in [-0.4, -0.2) is 53.7 Å². The molecule has 134 valence electrons. The number of hydrogen-bond acceptors (Lipinski definition) is 4. The first-order chi connectivity index (χ1) is 10.5. The number of hydrogen-bond donors (Lipinski definition) is 2. The molecule has 0 radical (unpaired) electrons. The van der Waals surface area contributed by atoms with Crippen molar-refractivity contribution in [2.75, 3.05) is 19.6 Å². The van der Waals surface area contributed by atoms with Gasteiger partial charge in [-0.25, -0.2) is 4.79 Å². The molecule has 2 N–H and O–H groups in total. The smallest absolute Gasteiger partial charge is 0.410 e. The van der Waals surface area contributed by atoms with Gasteiger partial charge in [-0.2, -0.15) is 0 Å². The molecule has 1 fully saturated rings. The number of ether oxygens (including phenoxy) is 1. The molecule has 0 aromatic rings. The van der Waals surface area contributed by atoms with Crippen LogP contribution >= 0.6 is 0 Å². The van der Waals surface area contributed by atoms with Gasteiger partial charge in [-0.1, -0.05) is 0 Å². The van der Waals surface area contributed by atoms with Crippen LogP contribution in [0.5, 0.6) is 0 Å². The highest BCUT2D eigenvalue weighted by atomic mass is 16.6. The average molecular weight is 327 g/mol. The van der Waals surface area contributed by atoms with Crippen molar-refractivity contribution in [3.63, 3.8) is 0 Å². The van der Waals surface area contributed by atoms with E-state index in [0.29, 0.717) is 19.6 Å². The summed E-state index contributed by atoms with van der Waals surface area (Å²) in [6.45, 7) is 13.2. The van der Waals surface area contributed by atoms with Crippen molar-refractivity contribution in [3.8, 4) is 0 Å². The molecule has 1 saturated heterocycles. The van der Waals surface area contributed by atoms with E-state index in [1.165, 1.54) is 0 Å². The summed E-state index contributed by atoms with van der Waals surface area (Å²) in [5.41, 5.74) is -0.679. The van der Waals surface area contributed by atoms with E-state index in [1.807, 2.05) is 41.5 Å². The van der Waals surface area contributed by atoms with E-state index in [9.17, 15) is 9.59 Å². The van der Waals surface area contributed by atoms with Gasteiger partial charge < -0.3 is 20.3 Å². The van der Waals surface area contributed by atoms with Gasteiger partial charge in [-0.15, -0.1) is 0 Å². The zero-order valence-corrected chi connectivity index (χ0v) is 15.5. The first-order valence-corrected chi connectivity index (χ1v) is 8.48. The summed E-state index contributed by atoms with van der Waals surface area (Å²) in [4.78, 5) is 25.7. The summed E-state index contributed by atoms with van der Waals surface area (Å²) in [5, 5.41) is 6.24. The van der Waals surface area contributed by atoms with E-state index >= 15 is 0 Å². The van der Waals surface area contributed by atoms with E-state index in [2.05, 4.69) is 10.6 Å². The summed E-state index contributed by atoms with van der Waals surface area (Å²) in [7, 11) is 0. The Bertz CT molecular complexity index is 410. The summed E-state index contributed by atoms with van der Waals surface area (Å²) >= 11 is 0. The van der Waals surface area contributed by atoms with Crippen LogP contribution in [0.2, 0.25) is 0 Å². The number of carbonyl (C=O) groups excluding carboxylic acids is 2. The van der Waals surface area contributed by atoms with Crippen molar-refractivity contribution in [1.82, 2.24) is 15.5 Å². The van der Waals surface area contributed by atoms with Crippen LogP contribution in [-0.2, 0) is 9.53 Å². The van der Waals surface area contributed by atoms with Gasteiger partial charge in [0.25, 0.3) is 0 Å². The summed E-state index contributed by atoms with van der Waals surface area (Å²) in [6, 6.07) is 0.258. The van der Waals surface area contributed by atoms with Gasteiger partial charge in [0, 0.05) is 24.7 Å². The van der Waals surface area contributed by atoms with Gasteiger partial charge in [0.1, 0.15) is 5.60 Å². The lowest BCUT2D eigenvalue weighted by Gasteiger charge is -2.26. The van der Waals surface area contributed by atoms with E-state index in [0.717, 1.165) is 19.3 Å². The molecule has 1 aliphatic rings. The number of carbonyl (C=O) groups is 2. The molecule has 1 rings (SSSR count). The summed E-state index contributed by atoms with van der Waals surface area (Å²) < 4.78 is 5.42. The number of amides is 2. The van der Waals surface area contributed by atoms with Gasteiger partial charge in [0.2, 0.25) is 5.91 Å². The molecule has 0 bridgehead atoms. The van der Waals surface area contributed by atoms with Crippen LogP contribution in [0.25, 0.3) is 0 Å². The van der Waals surface area contributed by atoms with Crippen molar-refractivity contribution >= 4 is 12.0 Å². The van der Waals surface area contributed by atoms with Gasteiger partial charge >= 0.3 is 6.09 Å². The minimum atomic E-state index is -0.466. The lowest BCUT2D eigenvalue weighted by Crippen LogP contribution is -2.46. The SMILES string of the molecule is CC(C)(C)NC(=O)CNC1CCCN(C(=O)OC(C)(C)C)CC1. The first-order valence-electron chi connectivity index (χ1n) is 8.48. The maximum absolute atomic E-state index is 12.1. The Balaban J connectivity index is 2.38. The van der Waals surface area contributed by atoms with Gasteiger partial charge in [0.05, 0.1) is 6.54 Å². The standard InChI is InChI=1S/C17H33N3O3/c1-16(2,3)19-14(21)12-18-13-8-7-10-20(11-9-13)15(22)23-17(4,5)6/h13,18H,7-12H2,1-6H3,(H,19,21). The molecule has 0 saturated carbocycles. The van der Waals surface area contributed by atoms with Crippen molar-refractivity contribution in [2.24, 2.45) is 0 Å². The highest BCUT2D eigenvalue weighted by molar-refractivity contribution is 5.78. The lowest BCUT2D eigenvalue weighted by molar-refractivity contribution is -0.121. The molecule has 1 atom stereocenters. The Hall–Kier alpha value is -1.30. The Labute approximate surface area is 140 Å². The second-order valence-corrected chi connectivity index (χ2v) is 8.27. The average Bonchev–Trinajstić information content (AvgIpc) is 2.57. The number of rotatable bonds is 3. The normalized spacial score (nSPS) is 19.9. The van der Waals surface area contributed by atoms with Crippen molar-refractivity contribution in [3.05, 3.63) is 0 Å². The topological polar surface area (TPSA) is 70.7 Å². The maximum atomic E-state index is 12.1. The molecule has 0 aliphatic carbocycles. The molecule has 0 aromatic heterocycles. The third kappa shape index (κ3) is 8.79. The zero-order valence-electron chi connectivity index (χ0n) is 15.5. The van der Waals surface area contributed by atoms with Crippen LogP contribution in [0, 0.1) is 0 Å². The maximum Gasteiger partial charge on any atom is 0.410 e. The van der Waals surface area contributed by atoms with Gasteiger partial charge in [-0.3, -0.25) is 4.79 Å². The minimum Gasteiger partial charge on any atom is -0.444 e. The molecular formula is C17H33N3O3. The Kier molecular flexibility index (Phi) is 6.86. The molecule has 1 unspecified atom stereocenters. The van der Waals surface area contributed by atoms with Crippen LogP contribution < -0.4 is 10.6 Å². The summed E-state index contributed by atoms with van der Waals surface area (Å²) in [6.07, 6.45) is 2.46. The number of likely N-dealkylation sites (tertiary alicyclic amines) is 1. The lowest BCUT2D eigenvalue weighted by atomic mass is 10.1. The minimum absolute atomic E-state index is 0.00532. The molecule has 0 aromatic carbocycles. The second kappa shape index (κ2) is 7.99. The van der Waals surface area contributed by atoms with Gasteiger partial charge in [-0.05, 0) is 60.8 Å². The molecular weight excluding hydrogens is 294 g/mol. The van der Waals surface area contributed by atoms with E-state index in [-0.39, 0.29) is 23.6 Å². The molecule has 2 amide bonds. The molecule has 6 nitrogen and oxygen atoms in total. The van der Waals surface area contributed by atoms with Crippen LogP contribution in [0.1, 0.15) is 60.8 Å². The van der Waals surface area contributed by atoms with Crippen molar-refractivity contribution in [1.29, 1.82) is 0 Å². The fraction of sp³-hybridized carbons (Fsp3) is 0.882. The van der Waals surface area contributed by atoms with Crippen LogP contribution in [0.3, 0.4) is 0 Å².